The summed E-state index contributed by atoms with van der Waals surface area (Å²) in [7, 11) is -2.58. The molecular formula is C23H29Cl2N3O4S. The fourth-order valence-electron chi connectivity index (χ4n) is 3.10. The number of aryl methyl sites for hydroxylation is 1. The zero-order valence-electron chi connectivity index (χ0n) is 19.3. The molecule has 0 aliphatic carbocycles. The molecule has 2 amide bonds. The minimum absolute atomic E-state index is 0.0531. The number of halogens is 2. The van der Waals surface area contributed by atoms with Crippen LogP contribution in [0, 0.1) is 6.92 Å². The Morgan fingerprint density at radius 3 is 2.06 bits per heavy atom. The third kappa shape index (κ3) is 6.93. The first-order valence-corrected chi connectivity index (χ1v) is 12.6. The second-order valence-corrected chi connectivity index (χ2v) is 11.0. The van der Waals surface area contributed by atoms with E-state index >= 15 is 0 Å². The van der Waals surface area contributed by atoms with Crippen molar-refractivity contribution in [3.05, 3.63) is 63.6 Å². The van der Waals surface area contributed by atoms with Crippen LogP contribution in [-0.2, 0) is 26.2 Å². The van der Waals surface area contributed by atoms with Crippen molar-refractivity contribution in [1.82, 2.24) is 14.5 Å². The fraction of sp³-hybridized carbons (Fsp3) is 0.391. The predicted molar refractivity (Wildman–Crippen MR) is 131 cm³/mol. The van der Waals surface area contributed by atoms with E-state index in [1.807, 2.05) is 20.8 Å². The summed E-state index contributed by atoms with van der Waals surface area (Å²) in [6.07, 6.45) is 0. The van der Waals surface area contributed by atoms with E-state index in [4.69, 9.17) is 23.2 Å². The molecule has 10 heteroatoms. The summed E-state index contributed by atoms with van der Waals surface area (Å²) in [6, 6.07) is 10.3. The lowest BCUT2D eigenvalue weighted by Crippen LogP contribution is -2.51. The Labute approximate surface area is 205 Å². The molecule has 2 rings (SSSR count). The first-order valence-electron chi connectivity index (χ1n) is 10.4. The van der Waals surface area contributed by atoms with E-state index in [0.29, 0.717) is 15.6 Å². The van der Waals surface area contributed by atoms with Crippen molar-refractivity contribution in [2.45, 2.75) is 51.2 Å². The quantitative estimate of drug-likeness (QED) is 0.551. The monoisotopic (exact) mass is 513 g/mol. The Bertz CT molecular complexity index is 1080. The van der Waals surface area contributed by atoms with Crippen LogP contribution >= 0.6 is 23.2 Å². The molecule has 1 atom stereocenters. The lowest BCUT2D eigenvalue weighted by molar-refractivity contribution is -0.140. The number of carbonyl (C=O) groups excluding carboxylic acids is 2. The standard InChI is InChI=1S/C23H29Cl2N3O4S/c1-15(2)26-23(30)17(4)28(13-19-20(24)7-6-8-21(19)25)22(29)14-27(5)33(31,32)18-11-9-16(3)10-12-18/h6-12,15,17H,13-14H2,1-5H3,(H,26,30). The molecule has 0 saturated heterocycles. The van der Waals surface area contributed by atoms with E-state index in [9.17, 15) is 18.0 Å². The highest BCUT2D eigenvalue weighted by atomic mass is 35.5. The minimum Gasteiger partial charge on any atom is -0.352 e. The van der Waals surface area contributed by atoms with Gasteiger partial charge in [0.25, 0.3) is 0 Å². The second kappa shape index (κ2) is 11.3. The molecular weight excluding hydrogens is 485 g/mol. The van der Waals surface area contributed by atoms with Gasteiger partial charge in [0.1, 0.15) is 6.04 Å². The number of sulfonamides is 1. The molecule has 0 fully saturated rings. The van der Waals surface area contributed by atoms with Crippen LogP contribution in [0.4, 0.5) is 0 Å². The van der Waals surface area contributed by atoms with Crippen LogP contribution in [0.1, 0.15) is 31.9 Å². The highest BCUT2D eigenvalue weighted by Crippen LogP contribution is 2.27. The first kappa shape index (κ1) is 27.1. The molecule has 2 aromatic rings. The molecule has 0 radical (unpaired) electrons. The molecule has 0 spiro atoms. The summed E-state index contributed by atoms with van der Waals surface area (Å²) in [6.45, 7) is 6.53. The van der Waals surface area contributed by atoms with E-state index in [0.717, 1.165) is 9.87 Å². The number of nitrogens with zero attached hydrogens (tertiary/aromatic N) is 2. The van der Waals surface area contributed by atoms with Crippen LogP contribution in [0.5, 0.6) is 0 Å². The van der Waals surface area contributed by atoms with E-state index in [1.165, 1.54) is 24.1 Å². The molecule has 180 valence electrons. The van der Waals surface area contributed by atoms with Gasteiger partial charge in [-0.25, -0.2) is 8.42 Å². The van der Waals surface area contributed by atoms with Crippen molar-refractivity contribution in [3.63, 3.8) is 0 Å². The maximum atomic E-state index is 13.3. The van der Waals surface area contributed by atoms with Crippen LogP contribution in [0.15, 0.2) is 47.4 Å². The normalized spacial score (nSPS) is 12.6. The SMILES string of the molecule is Cc1ccc(S(=O)(=O)N(C)CC(=O)N(Cc2c(Cl)cccc2Cl)C(C)C(=O)NC(C)C)cc1. The van der Waals surface area contributed by atoms with Crippen LogP contribution < -0.4 is 5.32 Å². The zero-order chi connectivity index (χ0) is 24.9. The van der Waals surface area contributed by atoms with Gasteiger partial charge in [0.05, 0.1) is 11.4 Å². The zero-order valence-corrected chi connectivity index (χ0v) is 21.6. The van der Waals surface area contributed by atoms with Gasteiger partial charge in [-0.2, -0.15) is 4.31 Å². The van der Waals surface area contributed by atoms with Crippen molar-refractivity contribution in [3.8, 4) is 0 Å². The van der Waals surface area contributed by atoms with E-state index < -0.39 is 28.5 Å². The van der Waals surface area contributed by atoms with Crippen molar-refractivity contribution in [2.24, 2.45) is 0 Å². The highest BCUT2D eigenvalue weighted by molar-refractivity contribution is 7.89. The maximum absolute atomic E-state index is 13.3. The van der Waals surface area contributed by atoms with E-state index in [-0.39, 0.29) is 23.4 Å². The molecule has 0 aliphatic heterocycles. The van der Waals surface area contributed by atoms with Gasteiger partial charge in [-0.3, -0.25) is 9.59 Å². The number of carbonyl (C=O) groups is 2. The number of nitrogens with one attached hydrogen (secondary N) is 1. The van der Waals surface area contributed by atoms with Crippen LogP contribution in [0.3, 0.4) is 0 Å². The smallest absolute Gasteiger partial charge is 0.243 e. The lowest BCUT2D eigenvalue weighted by Gasteiger charge is -2.31. The van der Waals surface area contributed by atoms with Gasteiger partial charge in [-0.05, 0) is 52.0 Å². The Kier molecular flexibility index (Phi) is 9.31. The molecule has 1 unspecified atom stereocenters. The molecule has 0 aliphatic rings. The molecule has 0 heterocycles. The van der Waals surface area contributed by atoms with Crippen LogP contribution in [-0.4, -0.2) is 55.1 Å². The van der Waals surface area contributed by atoms with E-state index in [2.05, 4.69) is 5.32 Å². The largest absolute Gasteiger partial charge is 0.352 e. The highest BCUT2D eigenvalue weighted by Gasteiger charge is 2.31. The third-order valence-corrected chi connectivity index (χ3v) is 7.60. The Balaban J connectivity index is 2.34. The lowest BCUT2D eigenvalue weighted by atomic mass is 10.1. The third-order valence-electron chi connectivity index (χ3n) is 5.08. The number of amides is 2. The van der Waals surface area contributed by atoms with Crippen molar-refractivity contribution in [1.29, 1.82) is 0 Å². The number of hydrogen-bond donors (Lipinski definition) is 1. The van der Waals surface area contributed by atoms with Gasteiger partial charge in [-0.1, -0.05) is 47.0 Å². The molecule has 0 aromatic heterocycles. The number of rotatable bonds is 9. The molecule has 0 bridgehead atoms. The molecule has 7 nitrogen and oxygen atoms in total. The summed E-state index contributed by atoms with van der Waals surface area (Å²) >= 11 is 12.6. The van der Waals surface area contributed by atoms with Crippen LogP contribution in [0.2, 0.25) is 10.0 Å². The van der Waals surface area contributed by atoms with Crippen LogP contribution in [0.25, 0.3) is 0 Å². The maximum Gasteiger partial charge on any atom is 0.243 e. The average Bonchev–Trinajstić information content (AvgIpc) is 2.72. The molecule has 1 N–H and O–H groups in total. The van der Waals surface area contributed by atoms with Gasteiger partial charge >= 0.3 is 0 Å². The summed E-state index contributed by atoms with van der Waals surface area (Å²) in [5.41, 5.74) is 1.39. The van der Waals surface area contributed by atoms with Crippen molar-refractivity contribution in [2.75, 3.05) is 13.6 Å². The van der Waals surface area contributed by atoms with Gasteiger partial charge in [0, 0.05) is 35.2 Å². The van der Waals surface area contributed by atoms with Gasteiger partial charge in [0.2, 0.25) is 21.8 Å². The summed E-state index contributed by atoms with van der Waals surface area (Å²) < 4.78 is 26.9. The number of likely N-dealkylation sites (N-methyl/N-ethyl adjacent to an activating group) is 1. The molecule has 33 heavy (non-hydrogen) atoms. The number of hydrogen-bond acceptors (Lipinski definition) is 4. The van der Waals surface area contributed by atoms with E-state index in [1.54, 1.807) is 37.3 Å². The molecule has 0 saturated carbocycles. The predicted octanol–water partition coefficient (Wildman–Crippen LogP) is 3.86. The second-order valence-electron chi connectivity index (χ2n) is 8.14. The summed E-state index contributed by atoms with van der Waals surface area (Å²) in [5.74, 6) is -0.929. The van der Waals surface area contributed by atoms with Crippen molar-refractivity contribution >= 4 is 45.0 Å². The summed E-state index contributed by atoms with van der Waals surface area (Å²) in [4.78, 5) is 27.4. The Morgan fingerprint density at radius 1 is 1.00 bits per heavy atom. The van der Waals surface area contributed by atoms with Gasteiger partial charge < -0.3 is 10.2 Å². The topological polar surface area (TPSA) is 86.8 Å². The summed E-state index contributed by atoms with van der Waals surface area (Å²) in [5, 5.41) is 3.47. The average molecular weight is 514 g/mol. The van der Waals surface area contributed by atoms with Gasteiger partial charge in [0.15, 0.2) is 0 Å². The van der Waals surface area contributed by atoms with Gasteiger partial charge in [-0.15, -0.1) is 0 Å². The minimum atomic E-state index is -3.91. The fourth-order valence-corrected chi connectivity index (χ4v) is 4.74. The Hall–Kier alpha value is -2.13. The molecule has 2 aromatic carbocycles. The Morgan fingerprint density at radius 2 is 1.55 bits per heavy atom. The van der Waals surface area contributed by atoms with Crippen molar-refractivity contribution < 1.29 is 18.0 Å². The first-order chi connectivity index (χ1) is 15.3. The number of benzene rings is 2.